The van der Waals surface area contributed by atoms with Gasteiger partial charge in [-0.1, -0.05) is 30.3 Å². The van der Waals surface area contributed by atoms with Crippen molar-refractivity contribution in [1.82, 2.24) is 4.57 Å². The predicted octanol–water partition coefficient (Wildman–Crippen LogP) is 1.04. The molecule has 3 aromatic carbocycles. The summed E-state index contributed by atoms with van der Waals surface area (Å²) in [5, 5.41) is 17.9. The number of pyridine rings is 1. The van der Waals surface area contributed by atoms with E-state index in [9.17, 15) is 14.8 Å². The third kappa shape index (κ3) is 4.04. The van der Waals surface area contributed by atoms with Crippen molar-refractivity contribution in [2.24, 2.45) is 7.05 Å². The second-order valence-electron chi connectivity index (χ2n) is 7.56. The van der Waals surface area contributed by atoms with Crippen LogP contribution in [0.3, 0.4) is 0 Å². The van der Waals surface area contributed by atoms with Gasteiger partial charge in [0, 0.05) is 24.1 Å². The Balaban J connectivity index is 0.00000259. The largest absolute Gasteiger partial charge is 1.00 e. The number of hydrogen-bond donors (Lipinski definition) is 1. The van der Waals surface area contributed by atoms with Crippen LogP contribution in [0.25, 0.3) is 22.0 Å². The van der Waals surface area contributed by atoms with Crippen molar-refractivity contribution in [3.63, 3.8) is 0 Å². The molecule has 9 heteroatoms. The van der Waals surface area contributed by atoms with Crippen molar-refractivity contribution >= 4 is 40.1 Å². The summed E-state index contributed by atoms with van der Waals surface area (Å²) in [6.45, 7) is 1.92. The molecule has 0 radical (unpaired) electrons. The van der Waals surface area contributed by atoms with Crippen LogP contribution in [-0.2, 0) is 16.4 Å². The Hall–Kier alpha value is -2.43. The van der Waals surface area contributed by atoms with Crippen molar-refractivity contribution in [3.8, 4) is 11.1 Å². The molecule has 5 rings (SSSR count). The number of carbonyl (C=O) groups excluding carboxylic acids is 1. The third-order valence-electron chi connectivity index (χ3n) is 5.66. The van der Waals surface area contributed by atoms with Gasteiger partial charge in [0.25, 0.3) is 5.56 Å². The molecule has 1 N–H and O–H groups in total. The van der Waals surface area contributed by atoms with Crippen molar-refractivity contribution in [1.29, 1.82) is 0 Å². The van der Waals surface area contributed by atoms with Crippen LogP contribution in [0.4, 0.5) is 11.4 Å². The van der Waals surface area contributed by atoms with E-state index in [1.807, 2.05) is 49.4 Å². The standard InChI is InChI=1S/C24H18N2O5S.Na/c1-13-7-8-17(20(11-13)32-31-30-29)25-18-9-10-19-22-16(12-21(27)26(19)2)14-5-3-4-6-15(14)24(28)23(18)22;/h3-12,25,29H,1-2H3;/q;+1/p-1. The molecule has 4 aromatic rings. The van der Waals surface area contributed by atoms with Gasteiger partial charge in [-0.25, -0.2) is 0 Å². The Morgan fingerprint density at radius 1 is 0.939 bits per heavy atom. The van der Waals surface area contributed by atoms with Gasteiger partial charge >= 0.3 is 29.6 Å². The van der Waals surface area contributed by atoms with E-state index >= 15 is 0 Å². The van der Waals surface area contributed by atoms with Crippen molar-refractivity contribution in [2.75, 3.05) is 5.32 Å². The Labute approximate surface area is 215 Å². The minimum Gasteiger partial charge on any atom is -0.691 e. The number of ketones is 1. The average Bonchev–Trinajstić information content (AvgIpc) is 2.80. The van der Waals surface area contributed by atoms with Crippen LogP contribution in [0, 0.1) is 6.92 Å². The number of aryl methyl sites for hydroxylation is 2. The smallest absolute Gasteiger partial charge is 0.691 e. The molecule has 0 saturated carbocycles. The third-order valence-corrected chi connectivity index (χ3v) is 6.30. The number of hydrogen-bond acceptors (Lipinski definition) is 7. The number of carbonyl (C=O) groups is 1. The summed E-state index contributed by atoms with van der Waals surface area (Å²) in [4.78, 5) is 26.8. The molecule has 0 spiro atoms. The molecule has 0 aliphatic heterocycles. The van der Waals surface area contributed by atoms with Crippen LogP contribution in [0.5, 0.6) is 0 Å². The SMILES string of the molecule is Cc1ccc(Nc2ccc3c4c(cc(=O)n3C)-c3ccccc3C(=O)c24)c(SOO[O-])c1.[Na+]. The maximum Gasteiger partial charge on any atom is 1.00 e. The molecule has 0 saturated heterocycles. The van der Waals surface area contributed by atoms with E-state index in [0.717, 1.165) is 34.1 Å². The first-order valence-electron chi connectivity index (χ1n) is 9.81. The summed E-state index contributed by atoms with van der Waals surface area (Å²) in [6, 6.07) is 18.1. The Morgan fingerprint density at radius 3 is 2.42 bits per heavy atom. The van der Waals surface area contributed by atoms with Gasteiger partial charge in [0.1, 0.15) is 0 Å². The Kier molecular flexibility index (Phi) is 6.78. The Bertz CT molecular complexity index is 1470. The summed E-state index contributed by atoms with van der Waals surface area (Å²) >= 11 is 0.781. The molecule has 1 aromatic heterocycles. The molecule has 7 nitrogen and oxygen atoms in total. The minimum atomic E-state index is -0.143. The first-order chi connectivity index (χ1) is 15.5. The van der Waals surface area contributed by atoms with E-state index in [2.05, 4.69) is 14.7 Å². The molecule has 0 atom stereocenters. The van der Waals surface area contributed by atoms with Crippen molar-refractivity contribution < 1.29 is 49.0 Å². The molecular formula is C24H17N2NaO5S. The normalized spacial score (nSPS) is 11.8. The molecule has 0 unspecified atom stereocenters. The Morgan fingerprint density at radius 2 is 1.67 bits per heavy atom. The van der Waals surface area contributed by atoms with E-state index in [0.29, 0.717) is 32.9 Å². The van der Waals surface area contributed by atoms with Crippen molar-refractivity contribution in [2.45, 2.75) is 11.8 Å². The van der Waals surface area contributed by atoms with E-state index in [1.165, 1.54) is 0 Å². The maximum absolute atomic E-state index is 13.6. The van der Waals surface area contributed by atoms with Gasteiger partial charge in [-0.3, -0.25) is 14.6 Å². The fourth-order valence-electron chi connectivity index (χ4n) is 4.16. The van der Waals surface area contributed by atoms with Gasteiger partial charge < -0.3 is 15.1 Å². The first-order valence-corrected chi connectivity index (χ1v) is 10.6. The van der Waals surface area contributed by atoms with Crippen LogP contribution in [0.1, 0.15) is 21.5 Å². The number of nitrogens with one attached hydrogen (secondary N) is 1. The maximum atomic E-state index is 13.6. The van der Waals surface area contributed by atoms with Crippen LogP contribution < -0.4 is 45.7 Å². The summed E-state index contributed by atoms with van der Waals surface area (Å²) < 4.78 is 6.06. The molecule has 160 valence electrons. The number of benzene rings is 3. The first kappa shape index (κ1) is 23.7. The quantitative estimate of drug-likeness (QED) is 0.178. The summed E-state index contributed by atoms with van der Waals surface area (Å²) in [5.74, 6) is -0.125. The molecule has 0 fully saturated rings. The number of fused-ring (bicyclic) bond motifs is 2. The van der Waals surface area contributed by atoms with Gasteiger partial charge in [0.15, 0.2) is 5.78 Å². The zero-order valence-electron chi connectivity index (χ0n) is 18.2. The number of rotatable bonds is 5. The van der Waals surface area contributed by atoms with E-state index < -0.39 is 0 Å². The van der Waals surface area contributed by atoms with E-state index in [-0.39, 0.29) is 40.9 Å². The molecule has 1 aliphatic carbocycles. The summed E-state index contributed by atoms with van der Waals surface area (Å²) in [6.07, 6.45) is 0. The summed E-state index contributed by atoms with van der Waals surface area (Å²) in [5.41, 5.74) is 5.25. The van der Waals surface area contributed by atoms with E-state index in [4.69, 9.17) is 0 Å². The molecule has 33 heavy (non-hydrogen) atoms. The molecule has 0 amide bonds. The molecule has 1 aliphatic rings. The number of aromatic nitrogens is 1. The van der Waals surface area contributed by atoms with Crippen LogP contribution >= 0.6 is 12.0 Å². The zero-order chi connectivity index (χ0) is 22.4. The van der Waals surface area contributed by atoms with Gasteiger partial charge in [0.2, 0.25) is 0 Å². The molecule has 0 bridgehead atoms. The predicted molar refractivity (Wildman–Crippen MR) is 121 cm³/mol. The summed E-state index contributed by atoms with van der Waals surface area (Å²) in [7, 11) is 1.69. The number of nitrogens with zero attached hydrogens (tertiary/aromatic N) is 1. The molecular weight excluding hydrogens is 451 g/mol. The zero-order valence-corrected chi connectivity index (χ0v) is 21.0. The topological polar surface area (TPSA) is 92.6 Å². The van der Waals surface area contributed by atoms with Gasteiger partial charge in [-0.15, -0.1) is 0 Å². The fraction of sp³-hybridized carbons (Fsp3) is 0.0833. The number of anilines is 2. The second kappa shape index (κ2) is 9.44. The van der Waals surface area contributed by atoms with Crippen LogP contribution in [-0.4, -0.2) is 10.4 Å². The monoisotopic (exact) mass is 468 g/mol. The van der Waals surface area contributed by atoms with Gasteiger partial charge in [-0.2, -0.15) is 4.33 Å². The fourth-order valence-corrected chi connectivity index (χ4v) is 4.70. The average molecular weight is 468 g/mol. The molecule has 1 heterocycles. The van der Waals surface area contributed by atoms with Crippen LogP contribution in [0.15, 0.2) is 70.4 Å². The second-order valence-corrected chi connectivity index (χ2v) is 8.30. The van der Waals surface area contributed by atoms with Crippen LogP contribution in [0.2, 0.25) is 0 Å². The van der Waals surface area contributed by atoms with Crippen molar-refractivity contribution in [3.05, 3.63) is 87.7 Å². The van der Waals surface area contributed by atoms with E-state index in [1.54, 1.807) is 29.8 Å². The van der Waals surface area contributed by atoms with Gasteiger partial charge in [-0.05, 0) is 47.9 Å². The minimum absolute atomic E-state index is 0. The van der Waals surface area contributed by atoms with Gasteiger partial charge in [0.05, 0.1) is 39.4 Å².